The van der Waals surface area contributed by atoms with Crippen molar-refractivity contribution in [1.29, 1.82) is 0 Å². The predicted octanol–water partition coefficient (Wildman–Crippen LogP) is 19.5. The van der Waals surface area contributed by atoms with Crippen molar-refractivity contribution in [3.05, 3.63) is 24.3 Å². The lowest BCUT2D eigenvalue weighted by atomic mass is 10.0. The van der Waals surface area contributed by atoms with Gasteiger partial charge in [-0.25, -0.2) is 4.57 Å². The standard InChI is InChI=1S/C63H125N2O6P/c1-6-8-10-12-14-16-18-20-22-24-26-28-30-32-33-35-37-39-41-43-45-47-49-51-53-55-57-63(67)64-61(60-71-72(68,69)70-59-58-65(3,4)5)62(66)56-54-52-50-48-46-44-42-40-38-36-34-31-29-27-25-23-21-19-17-15-13-11-9-7-2/h32-33,54,56,61-62,66H,6-31,34-53,55,57-60H2,1-5H3,(H-,64,67,68,69)/p+1/b33-32-,56-54+. The van der Waals surface area contributed by atoms with Crippen molar-refractivity contribution in [2.24, 2.45) is 0 Å². The van der Waals surface area contributed by atoms with Crippen molar-refractivity contribution in [2.75, 3.05) is 40.9 Å². The van der Waals surface area contributed by atoms with Crippen LogP contribution < -0.4 is 5.32 Å². The minimum absolute atomic E-state index is 0.0632. The van der Waals surface area contributed by atoms with E-state index in [4.69, 9.17) is 9.05 Å². The first-order chi connectivity index (χ1) is 35.0. The zero-order valence-electron chi connectivity index (χ0n) is 48.9. The van der Waals surface area contributed by atoms with E-state index in [0.29, 0.717) is 17.4 Å². The van der Waals surface area contributed by atoms with Crippen LogP contribution in [0.3, 0.4) is 0 Å². The Morgan fingerprint density at radius 1 is 0.458 bits per heavy atom. The molecule has 0 rings (SSSR count). The number of hydrogen-bond acceptors (Lipinski definition) is 5. The van der Waals surface area contributed by atoms with E-state index in [1.54, 1.807) is 6.08 Å². The third-order valence-corrected chi connectivity index (χ3v) is 15.6. The van der Waals surface area contributed by atoms with Gasteiger partial charge in [-0.3, -0.25) is 13.8 Å². The summed E-state index contributed by atoms with van der Waals surface area (Å²) in [6.07, 6.45) is 70.1. The molecule has 0 aromatic rings. The molecule has 72 heavy (non-hydrogen) atoms. The van der Waals surface area contributed by atoms with Crippen molar-refractivity contribution in [3.63, 3.8) is 0 Å². The second-order valence-electron chi connectivity index (χ2n) is 23.1. The first kappa shape index (κ1) is 71.0. The molecular formula is C63H126N2O6P+. The topological polar surface area (TPSA) is 105 Å². The average molecular weight is 1040 g/mol. The molecule has 0 heterocycles. The van der Waals surface area contributed by atoms with Crippen molar-refractivity contribution < 1.29 is 32.9 Å². The zero-order valence-corrected chi connectivity index (χ0v) is 49.8. The molecule has 8 nitrogen and oxygen atoms in total. The Balaban J connectivity index is 4.13. The molecule has 0 aliphatic heterocycles. The van der Waals surface area contributed by atoms with Gasteiger partial charge in [0.25, 0.3) is 0 Å². The van der Waals surface area contributed by atoms with Crippen molar-refractivity contribution >= 4 is 13.7 Å². The van der Waals surface area contributed by atoms with E-state index in [1.165, 1.54) is 270 Å². The maximum atomic E-state index is 13.0. The van der Waals surface area contributed by atoms with E-state index in [1.807, 2.05) is 27.2 Å². The number of phosphoric acid groups is 1. The summed E-state index contributed by atoms with van der Waals surface area (Å²) in [5, 5.41) is 14.0. The van der Waals surface area contributed by atoms with Gasteiger partial charge in [-0.1, -0.05) is 295 Å². The van der Waals surface area contributed by atoms with Crippen LogP contribution in [0.5, 0.6) is 0 Å². The van der Waals surface area contributed by atoms with Crippen LogP contribution in [0.4, 0.5) is 0 Å². The molecule has 0 saturated carbocycles. The highest BCUT2D eigenvalue weighted by Crippen LogP contribution is 2.43. The highest BCUT2D eigenvalue weighted by atomic mass is 31.2. The van der Waals surface area contributed by atoms with Crippen LogP contribution in [-0.2, 0) is 18.4 Å². The third kappa shape index (κ3) is 56.7. The normalized spacial score (nSPS) is 13.9. The number of nitrogens with one attached hydrogen (secondary N) is 1. The molecule has 0 aromatic heterocycles. The number of aliphatic hydroxyl groups excluding tert-OH is 1. The SMILES string of the molecule is CCCCCCCCCCCCCC/C=C\CCCCCCCCCCCCC(=O)NC(COP(=O)(O)OCC[N+](C)(C)C)C(O)/C=C/CCCCCCCCCCCCCCCCCCCCCCCC. The number of carbonyl (C=O) groups excluding carboxylic acids is 1. The van der Waals surface area contributed by atoms with E-state index in [0.717, 1.165) is 32.1 Å². The smallest absolute Gasteiger partial charge is 0.387 e. The lowest BCUT2D eigenvalue weighted by Gasteiger charge is -2.25. The van der Waals surface area contributed by atoms with Crippen molar-refractivity contribution in [3.8, 4) is 0 Å². The summed E-state index contributed by atoms with van der Waals surface area (Å²) in [4.78, 5) is 23.4. The van der Waals surface area contributed by atoms with Crippen molar-refractivity contribution in [2.45, 2.75) is 334 Å². The van der Waals surface area contributed by atoms with Gasteiger partial charge in [0.1, 0.15) is 13.2 Å². The molecule has 9 heteroatoms. The second-order valence-corrected chi connectivity index (χ2v) is 24.6. The van der Waals surface area contributed by atoms with Crippen LogP contribution in [0.15, 0.2) is 24.3 Å². The van der Waals surface area contributed by atoms with Gasteiger partial charge in [0.05, 0.1) is 39.9 Å². The quantitative estimate of drug-likeness (QED) is 0.0243. The van der Waals surface area contributed by atoms with Gasteiger partial charge in [0.2, 0.25) is 5.91 Å². The van der Waals surface area contributed by atoms with Gasteiger partial charge in [-0.2, -0.15) is 0 Å². The molecule has 0 aliphatic carbocycles. The molecule has 3 atom stereocenters. The molecule has 3 unspecified atom stereocenters. The van der Waals surface area contributed by atoms with Crippen LogP contribution in [0.1, 0.15) is 322 Å². The summed E-state index contributed by atoms with van der Waals surface area (Å²) in [5.41, 5.74) is 0. The fraction of sp³-hybridized carbons (Fsp3) is 0.921. The second kappa shape index (κ2) is 54.8. The fourth-order valence-corrected chi connectivity index (χ4v) is 10.4. The van der Waals surface area contributed by atoms with E-state index in [9.17, 15) is 19.4 Å². The molecule has 0 spiro atoms. The first-order valence-corrected chi connectivity index (χ1v) is 33.2. The zero-order chi connectivity index (χ0) is 52.7. The summed E-state index contributed by atoms with van der Waals surface area (Å²) >= 11 is 0. The molecular weight excluding hydrogens is 912 g/mol. The Kier molecular flexibility index (Phi) is 54.0. The highest BCUT2D eigenvalue weighted by molar-refractivity contribution is 7.47. The van der Waals surface area contributed by atoms with E-state index < -0.39 is 20.0 Å². The van der Waals surface area contributed by atoms with Crippen LogP contribution in [0.2, 0.25) is 0 Å². The molecule has 0 bridgehead atoms. The summed E-state index contributed by atoms with van der Waals surface area (Å²) in [7, 11) is 1.59. The maximum absolute atomic E-state index is 13.0. The van der Waals surface area contributed by atoms with Crippen LogP contribution in [0, 0.1) is 0 Å². The Morgan fingerprint density at radius 3 is 1.07 bits per heavy atom. The van der Waals surface area contributed by atoms with E-state index in [-0.39, 0.29) is 19.1 Å². The Morgan fingerprint density at radius 2 is 0.750 bits per heavy atom. The Labute approximate surface area is 449 Å². The maximum Gasteiger partial charge on any atom is 0.472 e. The summed E-state index contributed by atoms with van der Waals surface area (Å²) in [6, 6.07) is -0.846. The lowest BCUT2D eigenvalue weighted by Crippen LogP contribution is -2.45. The average Bonchev–Trinajstić information content (AvgIpc) is 3.34. The Hall–Kier alpha value is -1.02. The number of rotatable bonds is 59. The molecule has 428 valence electrons. The summed E-state index contributed by atoms with van der Waals surface area (Å²) in [5.74, 6) is -0.173. The number of unbranched alkanes of at least 4 members (excludes halogenated alkanes) is 44. The predicted molar refractivity (Wildman–Crippen MR) is 314 cm³/mol. The molecule has 0 saturated heterocycles. The van der Waals surface area contributed by atoms with Gasteiger partial charge in [-0.05, 0) is 44.9 Å². The van der Waals surface area contributed by atoms with Crippen LogP contribution in [0.25, 0.3) is 0 Å². The number of hydrogen-bond donors (Lipinski definition) is 3. The van der Waals surface area contributed by atoms with E-state index in [2.05, 4.69) is 31.3 Å². The summed E-state index contributed by atoms with van der Waals surface area (Å²) in [6.45, 7) is 4.87. The number of allylic oxidation sites excluding steroid dienone is 3. The van der Waals surface area contributed by atoms with Crippen LogP contribution in [-0.4, -0.2) is 73.4 Å². The van der Waals surface area contributed by atoms with Crippen LogP contribution >= 0.6 is 7.82 Å². The molecule has 3 N–H and O–H groups in total. The van der Waals surface area contributed by atoms with Gasteiger partial charge in [0, 0.05) is 6.42 Å². The van der Waals surface area contributed by atoms with Gasteiger partial charge in [-0.15, -0.1) is 0 Å². The van der Waals surface area contributed by atoms with Crippen molar-refractivity contribution in [1.82, 2.24) is 5.32 Å². The molecule has 0 radical (unpaired) electrons. The van der Waals surface area contributed by atoms with Gasteiger partial charge in [0.15, 0.2) is 0 Å². The number of carbonyl (C=O) groups is 1. The number of phosphoric ester groups is 1. The number of likely N-dealkylation sites (N-methyl/N-ethyl adjacent to an activating group) is 1. The monoisotopic (exact) mass is 1040 g/mol. The molecule has 0 fully saturated rings. The highest BCUT2D eigenvalue weighted by Gasteiger charge is 2.28. The fourth-order valence-electron chi connectivity index (χ4n) is 9.69. The Bertz CT molecular complexity index is 1220. The van der Waals surface area contributed by atoms with Gasteiger partial charge >= 0.3 is 7.82 Å². The molecule has 1 amide bonds. The largest absolute Gasteiger partial charge is 0.472 e. The summed E-state index contributed by atoms with van der Waals surface area (Å²) < 4.78 is 23.8. The number of aliphatic hydroxyl groups is 1. The number of amides is 1. The lowest BCUT2D eigenvalue weighted by molar-refractivity contribution is -0.870. The number of quaternary nitrogens is 1. The molecule has 0 aromatic carbocycles. The van der Waals surface area contributed by atoms with Gasteiger partial charge < -0.3 is 19.8 Å². The third-order valence-electron chi connectivity index (χ3n) is 14.7. The first-order valence-electron chi connectivity index (χ1n) is 31.7. The molecule has 0 aliphatic rings. The van der Waals surface area contributed by atoms with E-state index >= 15 is 0 Å². The minimum Gasteiger partial charge on any atom is -0.387 e. The number of nitrogens with zero attached hydrogens (tertiary/aromatic N) is 1. The minimum atomic E-state index is -4.35.